The highest BCUT2D eigenvalue weighted by Gasteiger charge is 2.25. The van der Waals surface area contributed by atoms with Gasteiger partial charge in [0.15, 0.2) is 12.3 Å². The van der Waals surface area contributed by atoms with Crippen molar-refractivity contribution in [3.8, 4) is 0 Å². The minimum atomic E-state index is -0.914. The van der Waals surface area contributed by atoms with Crippen LogP contribution >= 0.6 is 34.8 Å². The lowest BCUT2D eigenvalue weighted by molar-refractivity contribution is -0.137. The van der Waals surface area contributed by atoms with E-state index in [1.807, 2.05) is 0 Å². The van der Waals surface area contributed by atoms with Gasteiger partial charge in [0.1, 0.15) is 0 Å². The third-order valence-corrected chi connectivity index (χ3v) is 4.43. The fourth-order valence-electron chi connectivity index (χ4n) is 1.70. The first-order chi connectivity index (χ1) is 11.3. The summed E-state index contributed by atoms with van der Waals surface area (Å²) in [6.07, 6.45) is 3.07. The number of hydrogen-bond acceptors (Lipinski definition) is 5. The van der Waals surface area contributed by atoms with E-state index in [4.69, 9.17) is 39.5 Å². The molecule has 1 aliphatic carbocycles. The molecule has 0 unspecified atom stereocenters. The Morgan fingerprint density at radius 3 is 2.58 bits per heavy atom. The number of amides is 2. The molecule has 0 atom stereocenters. The number of ether oxygens (including phenoxy) is 1. The molecule has 10 heteroatoms. The van der Waals surface area contributed by atoms with Crippen molar-refractivity contribution in [2.45, 2.75) is 18.9 Å². The van der Waals surface area contributed by atoms with Crippen LogP contribution in [0.4, 0.5) is 0 Å². The van der Waals surface area contributed by atoms with E-state index in [0.29, 0.717) is 0 Å². The monoisotopic (exact) mass is 393 g/mol. The first kappa shape index (κ1) is 18.8. The zero-order valence-corrected chi connectivity index (χ0v) is 14.9. The SMILES string of the molecule is CN(CC(=O)NC1CC1)C(=O)COC(=O)c1ncc(Cl)c(Cl)c1Cl. The Balaban J connectivity index is 1.85. The summed E-state index contributed by atoms with van der Waals surface area (Å²) in [5.74, 6) is -1.71. The van der Waals surface area contributed by atoms with E-state index >= 15 is 0 Å². The summed E-state index contributed by atoms with van der Waals surface area (Å²) in [4.78, 5) is 40.3. The lowest BCUT2D eigenvalue weighted by Gasteiger charge is -2.16. The Kier molecular flexibility index (Phi) is 6.26. The molecule has 0 radical (unpaired) electrons. The van der Waals surface area contributed by atoms with Crippen molar-refractivity contribution in [1.82, 2.24) is 15.2 Å². The largest absolute Gasteiger partial charge is 0.451 e. The van der Waals surface area contributed by atoms with E-state index in [9.17, 15) is 14.4 Å². The van der Waals surface area contributed by atoms with Crippen molar-refractivity contribution in [3.05, 3.63) is 27.0 Å². The molecule has 1 fully saturated rings. The van der Waals surface area contributed by atoms with Crippen LogP contribution < -0.4 is 5.32 Å². The summed E-state index contributed by atoms with van der Waals surface area (Å²) in [5, 5.41) is 2.67. The molecule has 7 nitrogen and oxygen atoms in total. The maximum absolute atomic E-state index is 11.9. The molecule has 1 heterocycles. The Bertz CT molecular complexity index is 679. The summed E-state index contributed by atoms with van der Waals surface area (Å²) in [5.41, 5.74) is -0.243. The van der Waals surface area contributed by atoms with Gasteiger partial charge in [-0.25, -0.2) is 9.78 Å². The van der Waals surface area contributed by atoms with Gasteiger partial charge in [0.25, 0.3) is 5.91 Å². The summed E-state index contributed by atoms with van der Waals surface area (Å²) in [7, 11) is 1.44. The molecule has 0 aromatic carbocycles. The third-order valence-electron chi connectivity index (χ3n) is 3.19. The average Bonchev–Trinajstić information content (AvgIpc) is 3.33. The molecule has 130 valence electrons. The van der Waals surface area contributed by atoms with Gasteiger partial charge < -0.3 is 15.0 Å². The predicted octanol–water partition coefficient (Wildman–Crippen LogP) is 1.94. The maximum Gasteiger partial charge on any atom is 0.359 e. The van der Waals surface area contributed by atoms with Crippen LogP contribution in [0.1, 0.15) is 23.3 Å². The molecule has 0 bridgehead atoms. The quantitative estimate of drug-likeness (QED) is 0.745. The van der Waals surface area contributed by atoms with Crippen LogP contribution in [-0.4, -0.2) is 53.9 Å². The van der Waals surface area contributed by atoms with Gasteiger partial charge in [-0.05, 0) is 12.8 Å². The average molecular weight is 395 g/mol. The van der Waals surface area contributed by atoms with Crippen LogP contribution in [0.2, 0.25) is 15.1 Å². The minimum absolute atomic E-state index is 0.0273. The Hall–Kier alpha value is -1.57. The van der Waals surface area contributed by atoms with Gasteiger partial charge >= 0.3 is 5.97 Å². The molecule has 24 heavy (non-hydrogen) atoms. The molecule has 1 aromatic heterocycles. The van der Waals surface area contributed by atoms with E-state index < -0.39 is 18.5 Å². The van der Waals surface area contributed by atoms with E-state index in [1.165, 1.54) is 7.05 Å². The minimum Gasteiger partial charge on any atom is -0.451 e. The van der Waals surface area contributed by atoms with E-state index in [1.54, 1.807) is 0 Å². The van der Waals surface area contributed by atoms with Crippen LogP contribution in [0, 0.1) is 0 Å². The number of carbonyl (C=O) groups is 3. The highest BCUT2D eigenvalue weighted by molar-refractivity contribution is 6.48. The maximum atomic E-state index is 11.9. The van der Waals surface area contributed by atoms with Crippen LogP contribution in [0.15, 0.2) is 6.20 Å². The molecular weight excluding hydrogens is 381 g/mol. The standard InChI is InChI=1S/C14H14Cl3N3O4/c1-20(5-9(21)19-7-2-3-7)10(22)6-24-14(23)13-12(17)11(16)8(15)4-18-13/h4,7H,2-3,5-6H2,1H3,(H,19,21). The number of hydrogen-bond donors (Lipinski definition) is 1. The number of halogens is 3. The molecular formula is C14H14Cl3N3O4. The molecule has 1 saturated carbocycles. The zero-order chi connectivity index (χ0) is 17.9. The summed E-state index contributed by atoms with van der Waals surface area (Å²) < 4.78 is 4.85. The molecule has 0 aliphatic heterocycles. The third kappa shape index (κ3) is 4.96. The van der Waals surface area contributed by atoms with Gasteiger partial charge in [-0.15, -0.1) is 0 Å². The lowest BCUT2D eigenvalue weighted by Crippen LogP contribution is -2.40. The smallest absolute Gasteiger partial charge is 0.359 e. The number of likely N-dealkylation sites (N-methyl/N-ethyl adjacent to an activating group) is 1. The van der Waals surface area contributed by atoms with Gasteiger partial charge in [-0.2, -0.15) is 0 Å². The molecule has 0 spiro atoms. The normalized spacial score (nSPS) is 13.3. The first-order valence-corrected chi connectivity index (χ1v) is 8.13. The number of pyridine rings is 1. The summed E-state index contributed by atoms with van der Waals surface area (Å²) >= 11 is 17.4. The number of rotatable bonds is 6. The van der Waals surface area contributed by atoms with Crippen LogP contribution in [0.25, 0.3) is 0 Å². The van der Waals surface area contributed by atoms with E-state index in [0.717, 1.165) is 23.9 Å². The van der Waals surface area contributed by atoms with E-state index in [2.05, 4.69) is 10.3 Å². The Morgan fingerprint density at radius 1 is 1.29 bits per heavy atom. The van der Waals surface area contributed by atoms with Crippen molar-refractivity contribution >= 4 is 52.6 Å². The number of esters is 1. The number of nitrogens with one attached hydrogen (secondary N) is 1. The molecule has 1 N–H and O–H groups in total. The fraction of sp³-hybridized carbons (Fsp3) is 0.429. The highest BCUT2D eigenvalue weighted by atomic mass is 35.5. The fourth-order valence-corrected chi connectivity index (χ4v) is 2.25. The molecule has 1 aromatic rings. The van der Waals surface area contributed by atoms with Crippen LogP contribution in [0.5, 0.6) is 0 Å². The molecule has 2 rings (SSSR count). The second-order valence-corrected chi connectivity index (χ2v) is 6.41. The van der Waals surface area contributed by atoms with Crippen molar-refractivity contribution in [2.75, 3.05) is 20.2 Å². The predicted molar refractivity (Wildman–Crippen MR) is 88.4 cm³/mol. The zero-order valence-electron chi connectivity index (χ0n) is 12.6. The Labute approximate surface area is 153 Å². The van der Waals surface area contributed by atoms with Crippen molar-refractivity contribution in [2.24, 2.45) is 0 Å². The van der Waals surface area contributed by atoms with Crippen LogP contribution in [-0.2, 0) is 14.3 Å². The van der Waals surface area contributed by atoms with Gasteiger partial charge in [-0.1, -0.05) is 34.8 Å². The van der Waals surface area contributed by atoms with Crippen molar-refractivity contribution in [3.63, 3.8) is 0 Å². The highest BCUT2D eigenvalue weighted by Crippen LogP contribution is 2.31. The summed E-state index contributed by atoms with van der Waals surface area (Å²) in [6.45, 7) is -0.664. The molecule has 0 saturated heterocycles. The molecule has 2 amide bonds. The summed E-state index contributed by atoms with van der Waals surface area (Å²) in [6, 6.07) is 0.210. The van der Waals surface area contributed by atoms with Gasteiger partial charge in [0.05, 0.1) is 21.6 Å². The van der Waals surface area contributed by atoms with E-state index in [-0.39, 0.29) is 39.3 Å². The number of nitrogens with zero attached hydrogens (tertiary/aromatic N) is 2. The van der Waals surface area contributed by atoms with Crippen LogP contribution in [0.3, 0.4) is 0 Å². The van der Waals surface area contributed by atoms with Crippen molar-refractivity contribution < 1.29 is 19.1 Å². The number of carbonyl (C=O) groups excluding carboxylic acids is 3. The second kappa shape index (κ2) is 8.00. The van der Waals surface area contributed by atoms with Gasteiger partial charge in [0.2, 0.25) is 5.91 Å². The molecule has 1 aliphatic rings. The lowest BCUT2D eigenvalue weighted by atomic mass is 10.3. The topological polar surface area (TPSA) is 88.6 Å². The van der Waals surface area contributed by atoms with Gasteiger partial charge in [0, 0.05) is 19.3 Å². The first-order valence-electron chi connectivity index (χ1n) is 6.99. The second-order valence-electron chi connectivity index (χ2n) is 5.25. The van der Waals surface area contributed by atoms with Gasteiger partial charge in [-0.3, -0.25) is 9.59 Å². The Morgan fingerprint density at radius 2 is 1.96 bits per heavy atom. The van der Waals surface area contributed by atoms with Crippen molar-refractivity contribution in [1.29, 1.82) is 0 Å². The number of aromatic nitrogens is 1.